The van der Waals surface area contributed by atoms with Gasteiger partial charge in [-0.2, -0.15) is 0 Å². The SMILES string of the molecule is COc1ccc(OC[C@H](C)O)cc1[N+](=O)[O-]. The number of ether oxygens (including phenoxy) is 2. The van der Waals surface area contributed by atoms with Crippen molar-refractivity contribution >= 4 is 5.69 Å². The van der Waals surface area contributed by atoms with E-state index in [4.69, 9.17) is 14.6 Å². The van der Waals surface area contributed by atoms with Gasteiger partial charge in [-0.15, -0.1) is 0 Å². The summed E-state index contributed by atoms with van der Waals surface area (Å²) in [5, 5.41) is 19.7. The second-order valence-electron chi connectivity index (χ2n) is 3.25. The molecule has 0 bridgehead atoms. The predicted octanol–water partition coefficient (Wildman–Crippen LogP) is 1.36. The lowest BCUT2D eigenvalue weighted by molar-refractivity contribution is -0.385. The first-order valence-electron chi connectivity index (χ1n) is 4.68. The molecule has 1 N–H and O–H groups in total. The molecular formula is C10H13NO5. The minimum Gasteiger partial charge on any atom is -0.491 e. The summed E-state index contributed by atoms with van der Waals surface area (Å²) in [5.41, 5.74) is -0.161. The average molecular weight is 227 g/mol. The Labute approximate surface area is 92.6 Å². The quantitative estimate of drug-likeness (QED) is 0.606. The summed E-state index contributed by atoms with van der Waals surface area (Å²) in [6.07, 6.45) is -0.624. The van der Waals surface area contributed by atoms with E-state index in [1.807, 2.05) is 0 Å². The smallest absolute Gasteiger partial charge is 0.314 e. The van der Waals surface area contributed by atoms with Crippen molar-refractivity contribution in [1.82, 2.24) is 0 Å². The molecule has 16 heavy (non-hydrogen) atoms. The molecule has 1 rings (SSSR count). The summed E-state index contributed by atoms with van der Waals surface area (Å²) in [7, 11) is 1.36. The fourth-order valence-corrected chi connectivity index (χ4v) is 1.12. The molecule has 0 aliphatic carbocycles. The highest BCUT2D eigenvalue weighted by atomic mass is 16.6. The first-order valence-corrected chi connectivity index (χ1v) is 4.68. The highest BCUT2D eigenvalue weighted by Gasteiger charge is 2.15. The summed E-state index contributed by atoms with van der Waals surface area (Å²) in [5.74, 6) is 0.503. The maximum atomic E-state index is 10.7. The van der Waals surface area contributed by atoms with Gasteiger partial charge in [0.25, 0.3) is 0 Å². The van der Waals surface area contributed by atoms with E-state index in [2.05, 4.69) is 0 Å². The van der Waals surface area contributed by atoms with E-state index in [-0.39, 0.29) is 18.0 Å². The van der Waals surface area contributed by atoms with Crippen LogP contribution < -0.4 is 9.47 Å². The van der Waals surface area contributed by atoms with Crippen LogP contribution in [0, 0.1) is 10.1 Å². The van der Waals surface area contributed by atoms with Gasteiger partial charge < -0.3 is 14.6 Å². The Balaban J connectivity index is 2.89. The van der Waals surface area contributed by atoms with Crippen molar-refractivity contribution in [3.05, 3.63) is 28.3 Å². The molecule has 0 aromatic heterocycles. The van der Waals surface area contributed by atoms with Gasteiger partial charge in [0.15, 0.2) is 5.75 Å². The van der Waals surface area contributed by atoms with Crippen molar-refractivity contribution in [3.8, 4) is 11.5 Å². The molecule has 0 aliphatic rings. The molecule has 6 nitrogen and oxygen atoms in total. The number of aliphatic hydroxyl groups excluding tert-OH is 1. The minimum atomic E-state index is -0.624. The van der Waals surface area contributed by atoms with Crippen molar-refractivity contribution in [1.29, 1.82) is 0 Å². The zero-order chi connectivity index (χ0) is 12.1. The lowest BCUT2D eigenvalue weighted by atomic mass is 10.3. The molecule has 6 heteroatoms. The zero-order valence-electron chi connectivity index (χ0n) is 9.04. The molecule has 0 amide bonds. The average Bonchev–Trinajstić information content (AvgIpc) is 2.25. The van der Waals surface area contributed by atoms with Crippen molar-refractivity contribution in [2.75, 3.05) is 13.7 Å². The van der Waals surface area contributed by atoms with Gasteiger partial charge in [-0.25, -0.2) is 0 Å². The fraction of sp³-hybridized carbons (Fsp3) is 0.400. The number of hydrogen-bond donors (Lipinski definition) is 1. The highest BCUT2D eigenvalue weighted by molar-refractivity contribution is 5.50. The van der Waals surface area contributed by atoms with Crippen LogP contribution in [0.25, 0.3) is 0 Å². The summed E-state index contributed by atoms with van der Waals surface area (Å²) in [6.45, 7) is 1.65. The first-order chi connectivity index (χ1) is 7.54. The van der Waals surface area contributed by atoms with Gasteiger partial charge >= 0.3 is 5.69 Å². The van der Waals surface area contributed by atoms with Gasteiger partial charge in [-0.3, -0.25) is 10.1 Å². The summed E-state index contributed by atoms with van der Waals surface area (Å²) in [6, 6.07) is 4.27. The number of nitro groups is 1. The van der Waals surface area contributed by atoms with Gasteiger partial charge in [0, 0.05) is 0 Å². The maximum absolute atomic E-state index is 10.7. The second-order valence-corrected chi connectivity index (χ2v) is 3.25. The molecule has 1 aromatic carbocycles. The summed E-state index contributed by atoms with van der Waals surface area (Å²) < 4.78 is 9.99. The Morgan fingerprint density at radius 3 is 2.75 bits per heavy atom. The summed E-state index contributed by atoms with van der Waals surface area (Å²) in [4.78, 5) is 10.1. The standard InChI is InChI=1S/C10H13NO5/c1-7(12)6-16-8-3-4-10(15-2)9(5-8)11(13)14/h3-5,7,12H,6H2,1-2H3/t7-/m0/s1. The number of hydrogen-bond acceptors (Lipinski definition) is 5. The van der Waals surface area contributed by atoms with Crippen molar-refractivity contribution < 1.29 is 19.5 Å². The van der Waals surface area contributed by atoms with E-state index in [0.29, 0.717) is 5.75 Å². The van der Waals surface area contributed by atoms with E-state index < -0.39 is 11.0 Å². The Morgan fingerprint density at radius 2 is 2.25 bits per heavy atom. The molecule has 0 saturated carbocycles. The zero-order valence-corrected chi connectivity index (χ0v) is 9.04. The number of nitro benzene ring substituents is 1. The van der Waals surface area contributed by atoms with Crippen LogP contribution in [0.3, 0.4) is 0 Å². The van der Waals surface area contributed by atoms with Crippen LogP contribution in [-0.4, -0.2) is 29.9 Å². The molecule has 1 aromatic rings. The first kappa shape index (κ1) is 12.3. The van der Waals surface area contributed by atoms with Crippen molar-refractivity contribution in [2.24, 2.45) is 0 Å². The lowest BCUT2D eigenvalue weighted by Crippen LogP contribution is -2.12. The van der Waals surface area contributed by atoms with E-state index in [9.17, 15) is 10.1 Å². The van der Waals surface area contributed by atoms with E-state index in [0.717, 1.165) is 0 Å². The van der Waals surface area contributed by atoms with Crippen molar-refractivity contribution in [3.63, 3.8) is 0 Å². The van der Waals surface area contributed by atoms with Crippen LogP contribution in [0.5, 0.6) is 11.5 Å². The fourth-order valence-electron chi connectivity index (χ4n) is 1.12. The van der Waals surface area contributed by atoms with Gasteiger partial charge in [-0.05, 0) is 19.1 Å². The Hall–Kier alpha value is -1.82. The number of rotatable bonds is 5. The Morgan fingerprint density at radius 1 is 1.56 bits per heavy atom. The third kappa shape index (κ3) is 3.09. The largest absolute Gasteiger partial charge is 0.491 e. The second kappa shape index (κ2) is 5.32. The van der Waals surface area contributed by atoms with Gasteiger partial charge in [0.1, 0.15) is 12.4 Å². The molecule has 0 fully saturated rings. The van der Waals surface area contributed by atoms with Crippen LogP contribution >= 0.6 is 0 Å². The molecule has 0 saturated heterocycles. The van der Waals surface area contributed by atoms with Crippen LogP contribution in [0.2, 0.25) is 0 Å². The highest BCUT2D eigenvalue weighted by Crippen LogP contribution is 2.30. The maximum Gasteiger partial charge on any atom is 0.314 e. The number of benzene rings is 1. The van der Waals surface area contributed by atoms with Gasteiger partial charge in [-0.1, -0.05) is 0 Å². The Bertz CT molecular complexity index is 377. The van der Waals surface area contributed by atoms with Gasteiger partial charge in [0.05, 0.1) is 24.2 Å². The van der Waals surface area contributed by atoms with Crippen LogP contribution in [0.1, 0.15) is 6.92 Å². The van der Waals surface area contributed by atoms with Crippen LogP contribution in [0.15, 0.2) is 18.2 Å². The van der Waals surface area contributed by atoms with Crippen molar-refractivity contribution in [2.45, 2.75) is 13.0 Å². The normalized spacial score (nSPS) is 11.9. The molecule has 0 aliphatic heterocycles. The van der Waals surface area contributed by atoms with Crippen LogP contribution in [-0.2, 0) is 0 Å². The number of aliphatic hydroxyl groups is 1. The summed E-state index contributed by atoms with van der Waals surface area (Å²) >= 11 is 0. The number of methoxy groups -OCH3 is 1. The third-order valence-corrected chi connectivity index (χ3v) is 1.84. The lowest BCUT2D eigenvalue weighted by Gasteiger charge is -2.08. The topological polar surface area (TPSA) is 81.8 Å². The van der Waals surface area contributed by atoms with Crippen LogP contribution in [0.4, 0.5) is 5.69 Å². The molecule has 88 valence electrons. The molecule has 0 heterocycles. The molecule has 0 spiro atoms. The molecule has 0 radical (unpaired) electrons. The molecule has 1 atom stereocenters. The minimum absolute atomic E-state index is 0.0868. The molecule has 0 unspecified atom stereocenters. The number of nitrogens with zero attached hydrogens (tertiary/aromatic N) is 1. The van der Waals surface area contributed by atoms with E-state index in [1.54, 1.807) is 13.0 Å². The predicted molar refractivity (Wildman–Crippen MR) is 56.8 cm³/mol. The Kier molecular flexibility index (Phi) is 4.07. The monoisotopic (exact) mass is 227 g/mol. The van der Waals surface area contributed by atoms with E-state index in [1.165, 1.54) is 19.2 Å². The third-order valence-electron chi connectivity index (χ3n) is 1.84. The molecular weight excluding hydrogens is 214 g/mol. The van der Waals surface area contributed by atoms with E-state index >= 15 is 0 Å². The van der Waals surface area contributed by atoms with Gasteiger partial charge in [0.2, 0.25) is 0 Å².